The van der Waals surface area contributed by atoms with Crippen LogP contribution in [0.1, 0.15) is 16.1 Å². The first kappa shape index (κ1) is 21.2. The number of carbonyl (C=O) groups is 2. The molecule has 2 aromatic carbocycles. The van der Waals surface area contributed by atoms with Gasteiger partial charge in [0.2, 0.25) is 0 Å². The van der Waals surface area contributed by atoms with Crippen molar-refractivity contribution in [2.75, 3.05) is 11.9 Å². The number of nitrogens with one attached hydrogen (secondary N) is 2. The molecule has 0 unspecified atom stereocenters. The van der Waals surface area contributed by atoms with Crippen LogP contribution in [-0.4, -0.2) is 18.4 Å². The molecule has 6 nitrogen and oxygen atoms in total. The Kier molecular flexibility index (Phi) is 7.19. The highest BCUT2D eigenvalue weighted by Crippen LogP contribution is 2.36. The van der Waals surface area contributed by atoms with Crippen LogP contribution in [0.5, 0.6) is 5.75 Å². The van der Waals surface area contributed by atoms with Crippen molar-refractivity contribution in [1.82, 2.24) is 5.32 Å². The van der Waals surface area contributed by atoms with Crippen LogP contribution in [0.25, 0.3) is 0 Å². The van der Waals surface area contributed by atoms with Gasteiger partial charge in [-0.05, 0) is 52.3 Å². The van der Waals surface area contributed by atoms with Crippen LogP contribution in [0.3, 0.4) is 0 Å². The highest BCUT2D eigenvalue weighted by Gasteiger charge is 2.15. The van der Waals surface area contributed by atoms with Crippen molar-refractivity contribution in [3.63, 3.8) is 0 Å². The summed E-state index contributed by atoms with van der Waals surface area (Å²) in [5.41, 5.74) is 0.678. The standard InChI is InChI=1S/C20H15BrCl2N2O4/c21-15-8-12(22)9-16(23)19(15)29-11-18(26)25-17-6-2-1-5-14(17)20(27)24-10-13-4-3-7-28-13/h1-9H,10-11H2,(H,24,27)(H,25,26). The van der Waals surface area contributed by atoms with E-state index in [-0.39, 0.29) is 24.1 Å². The van der Waals surface area contributed by atoms with E-state index in [1.807, 2.05) is 0 Å². The van der Waals surface area contributed by atoms with Crippen molar-refractivity contribution in [2.45, 2.75) is 6.54 Å². The van der Waals surface area contributed by atoms with Gasteiger partial charge in [0.05, 0.1) is 33.6 Å². The maximum Gasteiger partial charge on any atom is 0.262 e. The van der Waals surface area contributed by atoms with Gasteiger partial charge in [-0.25, -0.2) is 0 Å². The van der Waals surface area contributed by atoms with Crippen LogP contribution in [0.4, 0.5) is 5.69 Å². The quantitative estimate of drug-likeness (QED) is 0.464. The molecule has 9 heteroatoms. The Morgan fingerprint density at radius 3 is 2.62 bits per heavy atom. The van der Waals surface area contributed by atoms with Crippen LogP contribution >= 0.6 is 39.1 Å². The Balaban J connectivity index is 1.63. The number of furan rings is 1. The minimum atomic E-state index is -0.450. The molecule has 0 atom stereocenters. The number of amides is 2. The van der Waals surface area contributed by atoms with E-state index < -0.39 is 5.91 Å². The molecule has 0 aliphatic heterocycles. The summed E-state index contributed by atoms with van der Waals surface area (Å²) in [5, 5.41) is 6.13. The van der Waals surface area contributed by atoms with E-state index in [0.29, 0.717) is 32.3 Å². The van der Waals surface area contributed by atoms with Crippen LogP contribution < -0.4 is 15.4 Å². The van der Waals surface area contributed by atoms with E-state index in [9.17, 15) is 9.59 Å². The average Bonchev–Trinajstić information content (AvgIpc) is 3.19. The molecule has 0 spiro atoms. The highest BCUT2D eigenvalue weighted by molar-refractivity contribution is 9.10. The first-order valence-corrected chi connectivity index (χ1v) is 9.95. The van der Waals surface area contributed by atoms with E-state index in [2.05, 4.69) is 26.6 Å². The van der Waals surface area contributed by atoms with Crippen LogP contribution in [0.15, 0.2) is 63.7 Å². The lowest BCUT2D eigenvalue weighted by molar-refractivity contribution is -0.118. The number of halogens is 3. The summed E-state index contributed by atoms with van der Waals surface area (Å²) in [6, 6.07) is 13.3. The van der Waals surface area contributed by atoms with Crippen LogP contribution in [-0.2, 0) is 11.3 Å². The summed E-state index contributed by atoms with van der Waals surface area (Å²) in [6.45, 7) is -0.0668. The Bertz CT molecular complexity index is 1000. The van der Waals surface area contributed by atoms with Crippen molar-refractivity contribution in [3.8, 4) is 5.75 Å². The molecule has 0 saturated carbocycles. The Hall–Kier alpha value is -2.48. The average molecular weight is 498 g/mol. The van der Waals surface area contributed by atoms with Gasteiger partial charge in [0.25, 0.3) is 11.8 Å². The van der Waals surface area contributed by atoms with Crippen molar-refractivity contribution in [1.29, 1.82) is 0 Å². The number of para-hydroxylation sites is 1. The minimum absolute atomic E-state index is 0.236. The van der Waals surface area contributed by atoms with Crippen molar-refractivity contribution < 1.29 is 18.7 Å². The molecule has 1 aromatic heterocycles. The zero-order chi connectivity index (χ0) is 20.8. The van der Waals surface area contributed by atoms with Gasteiger partial charge < -0.3 is 19.8 Å². The molecular formula is C20H15BrCl2N2O4. The number of hydrogen-bond acceptors (Lipinski definition) is 4. The third kappa shape index (κ3) is 5.76. The molecule has 0 fully saturated rings. The van der Waals surface area contributed by atoms with Gasteiger partial charge in [-0.3, -0.25) is 9.59 Å². The SMILES string of the molecule is O=C(COc1c(Cl)cc(Cl)cc1Br)Nc1ccccc1C(=O)NCc1ccco1. The molecule has 0 bridgehead atoms. The van der Waals surface area contributed by atoms with E-state index >= 15 is 0 Å². The van der Waals surface area contributed by atoms with Crippen molar-refractivity contribution in [2.24, 2.45) is 0 Å². The van der Waals surface area contributed by atoms with Crippen molar-refractivity contribution >= 4 is 56.6 Å². The second kappa shape index (κ2) is 9.82. The van der Waals surface area contributed by atoms with Gasteiger partial charge >= 0.3 is 0 Å². The fourth-order valence-electron chi connectivity index (χ4n) is 2.46. The molecule has 3 aromatic rings. The summed E-state index contributed by atoms with van der Waals surface area (Å²) in [6.07, 6.45) is 1.53. The maximum absolute atomic E-state index is 12.5. The number of benzene rings is 2. The first-order valence-electron chi connectivity index (χ1n) is 8.41. The summed E-state index contributed by atoms with van der Waals surface area (Å²) >= 11 is 15.3. The fraction of sp³-hybridized carbons (Fsp3) is 0.100. The molecule has 0 saturated heterocycles. The smallest absolute Gasteiger partial charge is 0.262 e. The van der Waals surface area contributed by atoms with Gasteiger partial charge in [0.15, 0.2) is 12.4 Å². The lowest BCUT2D eigenvalue weighted by atomic mass is 10.1. The van der Waals surface area contributed by atoms with Crippen LogP contribution in [0, 0.1) is 0 Å². The van der Waals surface area contributed by atoms with Crippen molar-refractivity contribution in [3.05, 3.63) is 80.6 Å². The predicted molar refractivity (Wildman–Crippen MR) is 115 cm³/mol. The second-order valence-corrected chi connectivity index (χ2v) is 7.54. The molecule has 1 heterocycles. The summed E-state index contributed by atoms with van der Waals surface area (Å²) < 4.78 is 11.2. The molecule has 2 amide bonds. The molecule has 150 valence electrons. The molecular weight excluding hydrogens is 483 g/mol. The summed E-state index contributed by atoms with van der Waals surface area (Å²) in [5.74, 6) is 0.130. The largest absolute Gasteiger partial charge is 0.481 e. The van der Waals surface area contributed by atoms with Gasteiger partial charge in [-0.1, -0.05) is 35.3 Å². The highest BCUT2D eigenvalue weighted by atomic mass is 79.9. The molecule has 29 heavy (non-hydrogen) atoms. The molecule has 3 rings (SSSR count). The molecule has 2 N–H and O–H groups in total. The van der Waals surface area contributed by atoms with E-state index in [1.54, 1.807) is 42.5 Å². The topological polar surface area (TPSA) is 80.6 Å². The minimum Gasteiger partial charge on any atom is -0.481 e. The second-order valence-electron chi connectivity index (χ2n) is 5.84. The summed E-state index contributed by atoms with van der Waals surface area (Å²) in [7, 11) is 0. The monoisotopic (exact) mass is 496 g/mol. The van der Waals surface area contributed by atoms with Gasteiger partial charge in [0, 0.05) is 5.02 Å². The fourth-order valence-corrected chi connectivity index (χ4v) is 3.83. The number of anilines is 1. The van der Waals surface area contributed by atoms with Gasteiger partial charge in [-0.15, -0.1) is 0 Å². The van der Waals surface area contributed by atoms with E-state index in [4.69, 9.17) is 32.4 Å². The first-order chi connectivity index (χ1) is 13.9. The van der Waals surface area contributed by atoms with Gasteiger partial charge in [-0.2, -0.15) is 0 Å². The van der Waals surface area contributed by atoms with E-state index in [0.717, 1.165) is 0 Å². The number of hydrogen-bond donors (Lipinski definition) is 2. The van der Waals surface area contributed by atoms with Gasteiger partial charge in [0.1, 0.15) is 5.76 Å². The lowest BCUT2D eigenvalue weighted by Crippen LogP contribution is -2.26. The third-order valence-electron chi connectivity index (χ3n) is 3.76. The number of rotatable bonds is 7. The number of ether oxygens (including phenoxy) is 1. The zero-order valence-electron chi connectivity index (χ0n) is 14.9. The molecule has 0 aliphatic rings. The van der Waals surface area contributed by atoms with E-state index in [1.165, 1.54) is 12.3 Å². The molecule has 0 aliphatic carbocycles. The predicted octanol–water partition coefficient (Wildman–Crippen LogP) is 5.30. The summed E-state index contributed by atoms with van der Waals surface area (Å²) in [4.78, 5) is 24.8. The third-order valence-corrected chi connectivity index (χ3v) is 4.85. The maximum atomic E-state index is 12.5. The zero-order valence-corrected chi connectivity index (χ0v) is 18.0. The lowest BCUT2D eigenvalue weighted by Gasteiger charge is -2.13. The number of carbonyl (C=O) groups excluding carboxylic acids is 2. The van der Waals surface area contributed by atoms with Crippen LogP contribution in [0.2, 0.25) is 10.0 Å². The Labute approximate surface area is 185 Å². The normalized spacial score (nSPS) is 10.4. The Morgan fingerprint density at radius 1 is 1.10 bits per heavy atom. The Morgan fingerprint density at radius 2 is 1.90 bits per heavy atom. The molecule has 0 radical (unpaired) electrons.